The normalized spacial score (nSPS) is 10.5. The Kier molecular flexibility index (Phi) is 7.46. The Morgan fingerprint density at radius 3 is 2.67 bits per heavy atom. The molecule has 5 heteroatoms. The first-order valence-electron chi connectivity index (χ1n) is 7.37. The highest BCUT2D eigenvalue weighted by molar-refractivity contribution is 5.90. The minimum atomic E-state index is -0.00491. The minimum absolute atomic E-state index is 0.00491. The van der Waals surface area contributed by atoms with E-state index in [1.54, 1.807) is 0 Å². The number of benzene rings is 1. The molecule has 1 rings (SSSR count). The van der Waals surface area contributed by atoms with Crippen LogP contribution in [0.1, 0.15) is 38.7 Å². The minimum Gasteiger partial charge on any atom is -0.352 e. The van der Waals surface area contributed by atoms with Crippen LogP contribution < -0.4 is 16.4 Å². The Morgan fingerprint density at radius 2 is 2.00 bits per heavy atom. The summed E-state index contributed by atoms with van der Waals surface area (Å²) in [4.78, 5) is 23.2. The van der Waals surface area contributed by atoms with Crippen LogP contribution in [0.3, 0.4) is 0 Å². The Morgan fingerprint density at radius 1 is 1.24 bits per heavy atom. The van der Waals surface area contributed by atoms with Gasteiger partial charge in [-0.1, -0.05) is 26.0 Å². The van der Waals surface area contributed by atoms with E-state index in [2.05, 4.69) is 10.6 Å². The highest BCUT2D eigenvalue weighted by Gasteiger charge is 2.06. The van der Waals surface area contributed by atoms with Crippen LogP contribution in [0.4, 0.5) is 5.69 Å². The van der Waals surface area contributed by atoms with E-state index < -0.39 is 0 Å². The lowest BCUT2D eigenvalue weighted by molar-refractivity contribution is -0.121. The molecule has 0 heterocycles. The standard InChI is InChI=1S/C16H25N3O2/c1-12(2)9-16(21)19-14-6-3-5-13(10-14)11-18-15(20)7-4-8-17/h3,5-6,10,12H,4,7-9,11,17H2,1-2H3,(H,18,20)(H,19,21). The molecule has 0 unspecified atom stereocenters. The largest absolute Gasteiger partial charge is 0.352 e. The maximum absolute atomic E-state index is 11.7. The lowest BCUT2D eigenvalue weighted by atomic mass is 10.1. The maximum atomic E-state index is 11.7. The molecule has 0 atom stereocenters. The summed E-state index contributed by atoms with van der Waals surface area (Å²) in [5.41, 5.74) is 7.08. The number of hydrogen-bond acceptors (Lipinski definition) is 3. The van der Waals surface area contributed by atoms with Crippen LogP contribution in [-0.2, 0) is 16.1 Å². The zero-order valence-electron chi connectivity index (χ0n) is 12.8. The lowest BCUT2D eigenvalue weighted by Gasteiger charge is -2.09. The summed E-state index contributed by atoms with van der Waals surface area (Å²) in [6.45, 7) is 4.99. The second-order valence-electron chi connectivity index (χ2n) is 5.52. The second kappa shape index (κ2) is 9.13. The summed E-state index contributed by atoms with van der Waals surface area (Å²) in [5.74, 6) is 0.332. The van der Waals surface area contributed by atoms with Gasteiger partial charge in [-0.3, -0.25) is 9.59 Å². The first-order chi connectivity index (χ1) is 10.0. The molecule has 0 saturated heterocycles. The lowest BCUT2D eigenvalue weighted by Crippen LogP contribution is -2.23. The summed E-state index contributed by atoms with van der Waals surface area (Å²) in [7, 11) is 0. The van der Waals surface area contributed by atoms with Crippen molar-refractivity contribution in [2.45, 2.75) is 39.7 Å². The number of anilines is 1. The molecule has 0 aliphatic carbocycles. The third-order valence-corrected chi connectivity index (χ3v) is 2.90. The molecule has 0 aliphatic rings. The third-order valence-electron chi connectivity index (χ3n) is 2.90. The predicted octanol–water partition coefficient (Wildman–Crippen LogP) is 2.03. The van der Waals surface area contributed by atoms with E-state index in [4.69, 9.17) is 5.73 Å². The molecule has 4 N–H and O–H groups in total. The number of amides is 2. The molecule has 0 bridgehead atoms. The molecule has 116 valence electrons. The van der Waals surface area contributed by atoms with Gasteiger partial charge < -0.3 is 16.4 Å². The Hall–Kier alpha value is -1.88. The fourth-order valence-electron chi connectivity index (χ4n) is 1.89. The average Bonchev–Trinajstić information content (AvgIpc) is 2.42. The van der Waals surface area contributed by atoms with Crippen molar-refractivity contribution in [1.29, 1.82) is 0 Å². The Bertz CT molecular complexity index is 472. The molecular formula is C16H25N3O2. The van der Waals surface area contributed by atoms with Crippen molar-refractivity contribution in [3.63, 3.8) is 0 Å². The molecule has 2 amide bonds. The molecule has 5 nitrogen and oxygen atoms in total. The molecule has 0 spiro atoms. The van der Waals surface area contributed by atoms with Crippen molar-refractivity contribution < 1.29 is 9.59 Å². The van der Waals surface area contributed by atoms with Crippen molar-refractivity contribution in [2.24, 2.45) is 11.7 Å². The fourth-order valence-corrected chi connectivity index (χ4v) is 1.89. The average molecular weight is 291 g/mol. The summed E-state index contributed by atoms with van der Waals surface area (Å²) in [6, 6.07) is 7.51. The van der Waals surface area contributed by atoms with Gasteiger partial charge in [0.1, 0.15) is 0 Å². The Labute approximate surface area is 126 Å². The van der Waals surface area contributed by atoms with Crippen LogP contribution >= 0.6 is 0 Å². The fraction of sp³-hybridized carbons (Fsp3) is 0.500. The van der Waals surface area contributed by atoms with Crippen molar-refractivity contribution in [3.05, 3.63) is 29.8 Å². The first-order valence-corrected chi connectivity index (χ1v) is 7.37. The smallest absolute Gasteiger partial charge is 0.224 e. The van der Waals surface area contributed by atoms with Gasteiger partial charge in [-0.15, -0.1) is 0 Å². The van der Waals surface area contributed by atoms with Crippen LogP contribution in [0.15, 0.2) is 24.3 Å². The summed E-state index contributed by atoms with van der Waals surface area (Å²) < 4.78 is 0. The van der Waals surface area contributed by atoms with Crippen LogP contribution in [0.2, 0.25) is 0 Å². The maximum Gasteiger partial charge on any atom is 0.224 e. The van der Waals surface area contributed by atoms with Crippen molar-refractivity contribution in [3.8, 4) is 0 Å². The van der Waals surface area contributed by atoms with Gasteiger partial charge in [0.25, 0.3) is 0 Å². The quantitative estimate of drug-likeness (QED) is 0.685. The van der Waals surface area contributed by atoms with Crippen LogP contribution in [0, 0.1) is 5.92 Å². The first kappa shape index (κ1) is 17.2. The summed E-state index contributed by atoms with van der Waals surface area (Å²) in [6.07, 6.45) is 1.64. The molecular weight excluding hydrogens is 266 g/mol. The van der Waals surface area contributed by atoms with Crippen LogP contribution in [0.5, 0.6) is 0 Å². The topological polar surface area (TPSA) is 84.2 Å². The van der Waals surface area contributed by atoms with Gasteiger partial charge in [0.15, 0.2) is 0 Å². The van der Waals surface area contributed by atoms with Gasteiger partial charge >= 0.3 is 0 Å². The van der Waals surface area contributed by atoms with Gasteiger partial charge in [0.05, 0.1) is 0 Å². The van der Waals surface area contributed by atoms with E-state index in [0.29, 0.717) is 38.3 Å². The molecule has 0 aromatic heterocycles. The van der Waals surface area contributed by atoms with E-state index in [0.717, 1.165) is 11.3 Å². The van der Waals surface area contributed by atoms with Gasteiger partial charge in [0.2, 0.25) is 11.8 Å². The number of nitrogens with two attached hydrogens (primary N) is 1. The zero-order chi connectivity index (χ0) is 15.7. The number of rotatable bonds is 8. The van der Waals surface area contributed by atoms with E-state index >= 15 is 0 Å². The van der Waals surface area contributed by atoms with Crippen LogP contribution in [0.25, 0.3) is 0 Å². The number of nitrogens with one attached hydrogen (secondary N) is 2. The number of carbonyl (C=O) groups is 2. The monoisotopic (exact) mass is 291 g/mol. The summed E-state index contributed by atoms with van der Waals surface area (Å²) in [5, 5.41) is 5.71. The van der Waals surface area contributed by atoms with E-state index in [-0.39, 0.29) is 11.8 Å². The second-order valence-corrected chi connectivity index (χ2v) is 5.52. The molecule has 0 radical (unpaired) electrons. The van der Waals surface area contributed by atoms with E-state index in [9.17, 15) is 9.59 Å². The third kappa shape index (κ3) is 7.46. The molecule has 0 aliphatic heterocycles. The molecule has 1 aromatic rings. The number of hydrogen-bond donors (Lipinski definition) is 3. The Balaban J connectivity index is 2.48. The molecule has 0 saturated carbocycles. The van der Waals surface area contributed by atoms with E-state index in [1.165, 1.54) is 0 Å². The van der Waals surface area contributed by atoms with Crippen molar-refractivity contribution in [1.82, 2.24) is 5.32 Å². The highest BCUT2D eigenvalue weighted by Crippen LogP contribution is 2.12. The van der Waals surface area contributed by atoms with Crippen LogP contribution in [-0.4, -0.2) is 18.4 Å². The van der Waals surface area contributed by atoms with Crippen molar-refractivity contribution >= 4 is 17.5 Å². The number of carbonyl (C=O) groups excluding carboxylic acids is 2. The van der Waals surface area contributed by atoms with Gasteiger partial charge in [-0.2, -0.15) is 0 Å². The van der Waals surface area contributed by atoms with Gasteiger partial charge in [-0.25, -0.2) is 0 Å². The molecule has 21 heavy (non-hydrogen) atoms. The zero-order valence-corrected chi connectivity index (χ0v) is 12.8. The van der Waals surface area contributed by atoms with E-state index in [1.807, 2.05) is 38.1 Å². The van der Waals surface area contributed by atoms with Gasteiger partial charge in [0, 0.05) is 25.1 Å². The SMILES string of the molecule is CC(C)CC(=O)Nc1cccc(CNC(=O)CCCN)c1. The summed E-state index contributed by atoms with van der Waals surface area (Å²) >= 11 is 0. The molecule has 1 aromatic carbocycles. The molecule has 0 fully saturated rings. The van der Waals surface area contributed by atoms with Crippen molar-refractivity contribution in [2.75, 3.05) is 11.9 Å². The predicted molar refractivity (Wildman–Crippen MR) is 84.7 cm³/mol. The van der Waals surface area contributed by atoms with Gasteiger partial charge in [-0.05, 0) is 36.6 Å². The highest BCUT2D eigenvalue weighted by atomic mass is 16.2.